The molecule has 1 aromatic rings. The zero-order valence-corrected chi connectivity index (χ0v) is 10.8. The monoisotopic (exact) mass is 291 g/mol. The van der Waals surface area contributed by atoms with Gasteiger partial charge in [-0.25, -0.2) is 0 Å². The molecule has 84 valence electrons. The Balaban J connectivity index is 2.31. The van der Waals surface area contributed by atoms with E-state index in [4.69, 9.17) is 16.7 Å². The van der Waals surface area contributed by atoms with Gasteiger partial charge < -0.3 is 10.4 Å². The Kier molecular flexibility index (Phi) is 6.25. The van der Waals surface area contributed by atoms with E-state index < -0.39 is 0 Å². The molecular formula is C11H15BrClNO. The van der Waals surface area contributed by atoms with Gasteiger partial charge in [-0.2, -0.15) is 0 Å². The van der Waals surface area contributed by atoms with Crippen LogP contribution in [0.25, 0.3) is 0 Å². The zero-order valence-electron chi connectivity index (χ0n) is 8.47. The third-order valence-corrected chi connectivity index (χ3v) is 2.94. The molecule has 0 aromatic heterocycles. The predicted molar refractivity (Wildman–Crippen MR) is 67.2 cm³/mol. The van der Waals surface area contributed by atoms with Crippen LogP contribution in [0.1, 0.15) is 18.4 Å². The number of aliphatic hydroxyl groups excluding tert-OH is 1. The van der Waals surface area contributed by atoms with Crippen molar-refractivity contribution in [2.75, 3.05) is 13.2 Å². The Labute approximate surface area is 104 Å². The number of unbranched alkanes of at least 4 members (excludes halogenated alkanes) is 1. The van der Waals surface area contributed by atoms with Gasteiger partial charge in [-0.3, -0.25) is 0 Å². The highest BCUT2D eigenvalue weighted by molar-refractivity contribution is 9.10. The Bertz CT molecular complexity index is 307. The molecule has 0 radical (unpaired) electrons. The topological polar surface area (TPSA) is 32.3 Å². The van der Waals surface area contributed by atoms with E-state index in [1.54, 1.807) is 0 Å². The predicted octanol–water partition coefficient (Wildman–Crippen LogP) is 2.96. The molecule has 2 N–H and O–H groups in total. The van der Waals surface area contributed by atoms with Crippen LogP contribution in [0.2, 0.25) is 5.02 Å². The van der Waals surface area contributed by atoms with Gasteiger partial charge in [0, 0.05) is 22.6 Å². The minimum Gasteiger partial charge on any atom is -0.396 e. The van der Waals surface area contributed by atoms with E-state index in [2.05, 4.69) is 21.2 Å². The van der Waals surface area contributed by atoms with E-state index in [-0.39, 0.29) is 6.61 Å². The van der Waals surface area contributed by atoms with Gasteiger partial charge in [-0.1, -0.05) is 33.6 Å². The van der Waals surface area contributed by atoms with Crippen LogP contribution >= 0.6 is 27.5 Å². The number of rotatable bonds is 6. The number of hydrogen-bond donors (Lipinski definition) is 2. The second-order valence-corrected chi connectivity index (χ2v) is 4.67. The summed E-state index contributed by atoms with van der Waals surface area (Å²) in [7, 11) is 0. The van der Waals surface area contributed by atoms with Gasteiger partial charge in [0.1, 0.15) is 0 Å². The van der Waals surface area contributed by atoms with Crippen molar-refractivity contribution in [3.8, 4) is 0 Å². The molecule has 0 unspecified atom stereocenters. The first-order valence-corrected chi connectivity index (χ1v) is 6.16. The maximum Gasteiger partial charge on any atom is 0.0462 e. The number of aliphatic hydroxyl groups is 1. The van der Waals surface area contributed by atoms with Crippen LogP contribution in [0.3, 0.4) is 0 Å². The molecule has 0 spiro atoms. The molecular weight excluding hydrogens is 277 g/mol. The molecule has 0 bridgehead atoms. The summed E-state index contributed by atoms with van der Waals surface area (Å²) in [6.07, 6.45) is 1.84. The standard InChI is InChI=1S/C11H15BrClNO/c12-10-4-3-9(11(13)7-10)8-14-5-1-2-6-15/h3-4,7,14-15H,1-2,5-6,8H2. The van der Waals surface area contributed by atoms with Crippen LogP contribution in [0.4, 0.5) is 0 Å². The Hall–Kier alpha value is -0.0900. The summed E-state index contributed by atoms with van der Waals surface area (Å²) in [5.74, 6) is 0. The molecule has 4 heteroatoms. The van der Waals surface area contributed by atoms with E-state index in [1.807, 2.05) is 18.2 Å². The first-order chi connectivity index (χ1) is 7.24. The molecule has 2 nitrogen and oxygen atoms in total. The Morgan fingerprint density at radius 2 is 2.13 bits per heavy atom. The average Bonchev–Trinajstić information content (AvgIpc) is 2.20. The maximum absolute atomic E-state index is 8.60. The molecule has 0 saturated heterocycles. The molecule has 0 atom stereocenters. The minimum atomic E-state index is 0.265. The fourth-order valence-electron chi connectivity index (χ4n) is 1.25. The Morgan fingerprint density at radius 1 is 1.33 bits per heavy atom. The average molecular weight is 293 g/mol. The molecule has 0 aliphatic heterocycles. The van der Waals surface area contributed by atoms with Crippen LogP contribution in [-0.2, 0) is 6.54 Å². The van der Waals surface area contributed by atoms with Crippen molar-refractivity contribution in [3.63, 3.8) is 0 Å². The van der Waals surface area contributed by atoms with Crippen LogP contribution in [0.5, 0.6) is 0 Å². The van der Waals surface area contributed by atoms with Gasteiger partial charge >= 0.3 is 0 Å². The SMILES string of the molecule is OCCCCNCc1ccc(Br)cc1Cl. The lowest BCUT2D eigenvalue weighted by Gasteiger charge is -2.06. The van der Waals surface area contributed by atoms with Crippen LogP contribution in [0.15, 0.2) is 22.7 Å². The quantitative estimate of drug-likeness (QED) is 0.790. The summed E-state index contributed by atoms with van der Waals surface area (Å²) in [6.45, 7) is 1.95. The van der Waals surface area contributed by atoms with Crippen molar-refractivity contribution in [2.24, 2.45) is 0 Å². The number of nitrogens with one attached hydrogen (secondary N) is 1. The van der Waals surface area contributed by atoms with Crippen molar-refractivity contribution >= 4 is 27.5 Å². The van der Waals surface area contributed by atoms with Crippen molar-refractivity contribution < 1.29 is 5.11 Å². The second kappa shape index (κ2) is 7.23. The van der Waals surface area contributed by atoms with E-state index in [9.17, 15) is 0 Å². The molecule has 0 fully saturated rings. The molecule has 0 aliphatic rings. The van der Waals surface area contributed by atoms with Crippen molar-refractivity contribution in [2.45, 2.75) is 19.4 Å². The molecule has 15 heavy (non-hydrogen) atoms. The summed E-state index contributed by atoms with van der Waals surface area (Å²) in [5, 5.41) is 12.7. The summed E-state index contributed by atoms with van der Waals surface area (Å²) < 4.78 is 0.997. The molecule has 1 rings (SSSR count). The molecule has 0 heterocycles. The number of hydrogen-bond acceptors (Lipinski definition) is 2. The van der Waals surface area contributed by atoms with E-state index >= 15 is 0 Å². The van der Waals surface area contributed by atoms with Crippen molar-refractivity contribution in [1.29, 1.82) is 0 Å². The van der Waals surface area contributed by atoms with Crippen molar-refractivity contribution in [3.05, 3.63) is 33.3 Å². The largest absolute Gasteiger partial charge is 0.396 e. The fraction of sp³-hybridized carbons (Fsp3) is 0.455. The van der Waals surface area contributed by atoms with Gasteiger partial charge in [-0.05, 0) is 37.1 Å². The molecule has 1 aromatic carbocycles. The Morgan fingerprint density at radius 3 is 2.80 bits per heavy atom. The molecule has 0 aliphatic carbocycles. The van der Waals surface area contributed by atoms with E-state index in [1.165, 1.54) is 0 Å². The van der Waals surface area contributed by atoms with E-state index in [0.717, 1.165) is 41.0 Å². The summed E-state index contributed by atoms with van der Waals surface area (Å²) in [4.78, 5) is 0. The smallest absolute Gasteiger partial charge is 0.0462 e. The van der Waals surface area contributed by atoms with Gasteiger partial charge in [0.05, 0.1) is 0 Å². The van der Waals surface area contributed by atoms with Gasteiger partial charge in [0.2, 0.25) is 0 Å². The van der Waals surface area contributed by atoms with Gasteiger partial charge in [0.15, 0.2) is 0 Å². The molecule has 0 amide bonds. The highest BCUT2D eigenvalue weighted by Gasteiger charge is 1.99. The minimum absolute atomic E-state index is 0.265. The normalized spacial score (nSPS) is 10.6. The van der Waals surface area contributed by atoms with Crippen molar-refractivity contribution in [1.82, 2.24) is 5.32 Å². The van der Waals surface area contributed by atoms with Crippen LogP contribution in [0, 0.1) is 0 Å². The van der Waals surface area contributed by atoms with Gasteiger partial charge in [0.25, 0.3) is 0 Å². The lowest BCUT2D eigenvalue weighted by Crippen LogP contribution is -2.15. The lowest BCUT2D eigenvalue weighted by atomic mass is 10.2. The third-order valence-electron chi connectivity index (χ3n) is 2.09. The van der Waals surface area contributed by atoms with E-state index in [0.29, 0.717) is 0 Å². The lowest BCUT2D eigenvalue weighted by molar-refractivity contribution is 0.283. The first-order valence-electron chi connectivity index (χ1n) is 4.99. The number of halogens is 2. The highest BCUT2D eigenvalue weighted by atomic mass is 79.9. The summed E-state index contributed by atoms with van der Waals surface area (Å²) in [5.41, 5.74) is 1.10. The van der Waals surface area contributed by atoms with Crippen LogP contribution < -0.4 is 5.32 Å². The third kappa shape index (κ3) is 4.98. The highest BCUT2D eigenvalue weighted by Crippen LogP contribution is 2.20. The maximum atomic E-state index is 8.60. The summed E-state index contributed by atoms with van der Waals surface area (Å²) >= 11 is 9.43. The fourth-order valence-corrected chi connectivity index (χ4v) is 1.99. The first kappa shape index (κ1) is 13.0. The van der Waals surface area contributed by atoms with Crippen LogP contribution in [-0.4, -0.2) is 18.3 Å². The van der Waals surface area contributed by atoms with Gasteiger partial charge in [-0.15, -0.1) is 0 Å². The number of benzene rings is 1. The summed E-state index contributed by atoms with van der Waals surface area (Å²) in [6, 6.07) is 5.88. The second-order valence-electron chi connectivity index (χ2n) is 3.34. The molecule has 0 saturated carbocycles. The zero-order chi connectivity index (χ0) is 11.1.